The Morgan fingerprint density at radius 3 is 2.50 bits per heavy atom. The minimum atomic E-state index is -0.00337. The second-order valence-electron chi connectivity index (χ2n) is 5.52. The molecule has 0 aromatic heterocycles. The summed E-state index contributed by atoms with van der Waals surface area (Å²) < 4.78 is 5.20. The van der Waals surface area contributed by atoms with Gasteiger partial charge < -0.3 is 15.2 Å². The number of anilines is 1. The van der Waals surface area contributed by atoms with Crippen molar-refractivity contribution in [3.8, 4) is 11.5 Å². The van der Waals surface area contributed by atoms with Crippen LogP contribution in [0.4, 0.5) is 5.69 Å². The molecule has 2 N–H and O–H groups in total. The van der Waals surface area contributed by atoms with Gasteiger partial charge in [-0.25, -0.2) is 0 Å². The first kappa shape index (κ1) is 18.8. The van der Waals surface area contributed by atoms with Gasteiger partial charge in [0.15, 0.2) is 5.75 Å². The average Bonchev–Trinajstić information content (AvgIpc) is 2.65. The van der Waals surface area contributed by atoms with Crippen LogP contribution >= 0.6 is 35.0 Å². The second-order valence-corrected chi connectivity index (χ2v) is 7.48. The quantitative estimate of drug-likeness (QED) is 0.461. The SMILES string of the molecule is COc1ccc(Sc2ccccc2CNc2cc(Cl)cc(Cl)c2O)cc1. The summed E-state index contributed by atoms with van der Waals surface area (Å²) in [6.45, 7) is 0.531. The number of ether oxygens (including phenoxy) is 1. The van der Waals surface area contributed by atoms with Crippen molar-refractivity contribution in [2.75, 3.05) is 12.4 Å². The third-order valence-electron chi connectivity index (χ3n) is 3.76. The van der Waals surface area contributed by atoms with Crippen molar-refractivity contribution in [2.45, 2.75) is 16.3 Å². The summed E-state index contributed by atoms with van der Waals surface area (Å²) in [5.74, 6) is 0.828. The fourth-order valence-corrected chi connectivity index (χ4v) is 3.85. The van der Waals surface area contributed by atoms with Crippen LogP contribution in [-0.4, -0.2) is 12.2 Å². The van der Waals surface area contributed by atoms with E-state index in [2.05, 4.69) is 11.4 Å². The smallest absolute Gasteiger partial charge is 0.157 e. The lowest BCUT2D eigenvalue weighted by Gasteiger charge is -2.13. The second kappa shape index (κ2) is 8.58. The van der Waals surface area contributed by atoms with Crippen LogP contribution in [0.2, 0.25) is 10.0 Å². The molecule has 0 bridgehead atoms. The molecule has 26 heavy (non-hydrogen) atoms. The molecule has 0 aliphatic rings. The molecular formula is C20H17Cl2NO2S. The first-order chi connectivity index (χ1) is 12.6. The lowest BCUT2D eigenvalue weighted by Crippen LogP contribution is -2.01. The highest BCUT2D eigenvalue weighted by atomic mass is 35.5. The number of rotatable bonds is 6. The average molecular weight is 406 g/mol. The number of aromatic hydroxyl groups is 1. The molecule has 0 atom stereocenters. The van der Waals surface area contributed by atoms with E-state index in [1.165, 1.54) is 6.07 Å². The van der Waals surface area contributed by atoms with Crippen molar-refractivity contribution in [1.82, 2.24) is 0 Å². The zero-order valence-corrected chi connectivity index (χ0v) is 16.3. The van der Waals surface area contributed by atoms with Crippen molar-refractivity contribution in [3.63, 3.8) is 0 Å². The van der Waals surface area contributed by atoms with Crippen molar-refractivity contribution in [2.24, 2.45) is 0 Å². The van der Waals surface area contributed by atoms with Crippen LogP contribution in [0.25, 0.3) is 0 Å². The summed E-state index contributed by atoms with van der Waals surface area (Å²) in [5.41, 5.74) is 1.61. The van der Waals surface area contributed by atoms with E-state index >= 15 is 0 Å². The summed E-state index contributed by atoms with van der Waals surface area (Å²) in [4.78, 5) is 2.24. The van der Waals surface area contributed by atoms with Crippen LogP contribution in [0.3, 0.4) is 0 Å². The van der Waals surface area contributed by atoms with E-state index in [4.69, 9.17) is 27.9 Å². The summed E-state index contributed by atoms with van der Waals surface area (Å²) in [6.07, 6.45) is 0. The number of methoxy groups -OCH3 is 1. The molecule has 3 rings (SSSR count). The Bertz CT molecular complexity index is 901. The van der Waals surface area contributed by atoms with Gasteiger partial charge in [0.05, 0.1) is 17.8 Å². The Labute approximate surface area is 166 Å². The number of nitrogens with one attached hydrogen (secondary N) is 1. The topological polar surface area (TPSA) is 41.5 Å². The van der Waals surface area contributed by atoms with Gasteiger partial charge in [-0.2, -0.15) is 0 Å². The third kappa shape index (κ3) is 4.58. The van der Waals surface area contributed by atoms with Gasteiger partial charge in [-0.1, -0.05) is 53.2 Å². The van der Waals surface area contributed by atoms with Gasteiger partial charge in [0, 0.05) is 21.4 Å². The summed E-state index contributed by atoms with van der Waals surface area (Å²) in [7, 11) is 1.65. The molecule has 0 aliphatic carbocycles. The Kier molecular flexibility index (Phi) is 6.20. The highest BCUT2D eigenvalue weighted by Crippen LogP contribution is 2.36. The molecule has 0 unspecified atom stereocenters. The third-order valence-corrected chi connectivity index (χ3v) is 5.39. The van der Waals surface area contributed by atoms with E-state index in [1.807, 2.05) is 42.5 Å². The first-order valence-corrected chi connectivity index (χ1v) is 9.46. The molecule has 3 aromatic carbocycles. The van der Waals surface area contributed by atoms with E-state index < -0.39 is 0 Å². The number of hydrogen-bond donors (Lipinski definition) is 2. The molecular weight excluding hydrogens is 389 g/mol. The first-order valence-electron chi connectivity index (χ1n) is 7.88. The molecule has 6 heteroatoms. The minimum absolute atomic E-state index is 0.00337. The maximum absolute atomic E-state index is 10.1. The molecule has 0 spiro atoms. The predicted molar refractivity (Wildman–Crippen MR) is 109 cm³/mol. The van der Waals surface area contributed by atoms with E-state index in [9.17, 15) is 5.11 Å². The predicted octanol–water partition coefficient (Wildman–Crippen LogP) is 6.47. The van der Waals surface area contributed by atoms with Crippen molar-refractivity contribution in [3.05, 3.63) is 76.3 Å². The van der Waals surface area contributed by atoms with Gasteiger partial charge >= 0.3 is 0 Å². The zero-order valence-electron chi connectivity index (χ0n) is 14.0. The lowest BCUT2D eigenvalue weighted by atomic mass is 10.2. The molecule has 0 saturated heterocycles. The van der Waals surface area contributed by atoms with Crippen molar-refractivity contribution in [1.29, 1.82) is 0 Å². The number of phenolic OH excluding ortho intramolecular Hbond substituents is 1. The van der Waals surface area contributed by atoms with Crippen LogP contribution in [0.1, 0.15) is 5.56 Å². The molecule has 0 heterocycles. The highest BCUT2D eigenvalue weighted by molar-refractivity contribution is 7.99. The van der Waals surface area contributed by atoms with Gasteiger partial charge in [0.2, 0.25) is 0 Å². The van der Waals surface area contributed by atoms with E-state index in [0.717, 1.165) is 21.1 Å². The lowest BCUT2D eigenvalue weighted by molar-refractivity contribution is 0.414. The van der Waals surface area contributed by atoms with Crippen molar-refractivity contribution < 1.29 is 9.84 Å². The van der Waals surface area contributed by atoms with Gasteiger partial charge in [0.25, 0.3) is 0 Å². The zero-order chi connectivity index (χ0) is 18.5. The maximum Gasteiger partial charge on any atom is 0.157 e. The molecule has 0 saturated carbocycles. The molecule has 134 valence electrons. The maximum atomic E-state index is 10.1. The summed E-state index contributed by atoms with van der Waals surface area (Å²) in [5, 5.41) is 14.0. The Balaban J connectivity index is 1.77. The molecule has 0 fully saturated rings. The Morgan fingerprint density at radius 2 is 1.77 bits per heavy atom. The van der Waals surface area contributed by atoms with Gasteiger partial charge in [-0.3, -0.25) is 0 Å². The minimum Gasteiger partial charge on any atom is -0.504 e. The molecule has 3 nitrogen and oxygen atoms in total. The monoisotopic (exact) mass is 405 g/mol. The van der Waals surface area contributed by atoms with Crippen molar-refractivity contribution >= 4 is 40.7 Å². The number of halogens is 2. The summed E-state index contributed by atoms with van der Waals surface area (Å²) in [6, 6.07) is 19.2. The Hall–Kier alpha value is -2.01. The molecule has 3 aromatic rings. The van der Waals surface area contributed by atoms with Crippen LogP contribution in [0.5, 0.6) is 11.5 Å². The number of phenols is 1. The van der Waals surface area contributed by atoms with Crippen LogP contribution in [-0.2, 0) is 6.54 Å². The fraction of sp³-hybridized carbons (Fsp3) is 0.100. The Morgan fingerprint density at radius 1 is 1.04 bits per heavy atom. The number of hydrogen-bond acceptors (Lipinski definition) is 4. The van der Waals surface area contributed by atoms with Crippen LogP contribution in [0.15, 0.2) is 70.5 Å². The van der Waals surface area contributed by atoms with Crippen LogP contribution < -0.4 is 10.1 Å². The largest absolute Gasteiger partial charge is 0.504 e. The van der Waals surface area contributed by atoms with Gasteiger partial charge in [-0.05, 0) is 48.0 Å². The fourth-order valence-electron chi connectivity index (χ4n) is 2.41. The van der Waals surface area contributed by atoms with Crippen LogP contribution in [0, 0.1) is 0 Å². The highest BCUT2D eigenvalue weighted by Gasteiger charge is 2.09. The van der Waals surface area contributed by atoms with Gasteiger partial charge in [0.1, 0.15) is 5.75 Å². The summed E-state index contributed by atoms with van der Waals surface area (Å²) >= 11 is 13.7. The van der Waals surface area contributed by atoms with E-state index in [1.54, 1.807) is 24.9 Å². The number of benzene rings is 3. The van der Waals surface area contributed by atoms with E-state index in [0.29, 0.717) is 17.3 Å². The molecule has 0 radical (unpaired) electrons. The standard InChI is InChI=1S/C20H17Cl2NO2S/c1-25-15-6-8-16(9-7-15)26-19-5-3-2-4-13(19)12-23-18-11-14(21)10-17(22)20(18)24/h2-11,23-24H,12H2,1H3. The molecule has 0 amide bonds. The normalized spacial score (nSPS) is 10.6. The molecule has 0 aliphatic heterocycles. The van der Waals surface area contributed by atoms with Gasteiger partial charge in [-0.15, -0.1) is 0 Å². The van der Waals surface area contributed by atoms with E-state index in [-0.39, 0.29) is 10.8 Å².